The van der Waals surface area contributed by atoms with E-state index in [0.717, 1.165) is 36.4 Å². The first-order chi connectivity index (χ1) is 18.9. The molecule has 8 heteroatoms. The lowest BCUT2D eigenvalue weighted by Gasteiger charge is -2.35. The molecule has 3 aromatic rings. The van der Waals surface area contributed by atoms with E-state index in [2.05, 4.69) is 12.1 Å². The molecule has 0 saturated carbocycles. The van der Waals surface area contributed by atoms with E-state index in [-0.39, 0.29) is 29.7 Å². The van der Waals surface area contributed by atoms with Crippen LogP contribution in [-0.4, -0.2) is 63.1 Å². The van der Waals surface area contributed by atoms with Crippen LogP contribution >= 0.6 is 11.3 Å². The average molecular weight is 543 g/mol. The van der Waals surface area contributed by atoms with Crippen LogP contribution in [0.15, 0.2) is 60.0 Å². The minimum Gasteiger partial charge on any atom is -0.337 e. The van der Waals surface area contributed by atoms with Crippen LogP contribution in [0.4, 0.5) is 0 Å². The molecular formula is C31H34N4O3S. The summed E-state index contributed by atoms with van der Waals surface area (Å²) in [7, 11) is 0. The van der Waals surface area contributed by atoms with Crippen molar-refractivity contribution in [2.75, 3.05) is 19.6 Å². The molecule has 6 rings (SSSR count). The van der Waals surface area contributed by atoms with E-state index < -0.39 is 6.04 Å². The van der Waals surface area contributed by atoms with Crippen molar-refractivity contribution in [1.29, 1.82) is 0 Å². The van der Waals surface area contributed by atoms with Crippen molar-refractivity contribution in [3.05, 3.63) is 87.4 Å². The number of aromatic nitrogens is 1. The van der Waals surface area contributed by atoms with Crippen molar-refractivity contribution in [3.63, 3.8) is 0 Å². The monoisotopic (exact) mass is 542 g/mol. The third kappa shape index (κ3) is 4.75. The van der Waals surface area contributed by atoms with Crippen LogP contribution < -0.4 is 0 Å². The lowest BCUT2D eigenvalue weighted by molar-refractivity contribution is -0.138. The Bertz CT molecular complexity index is 1390. The number of rotatable bonds is 6. The minimum atomic E-state index is -0.536. The Morgan fingerprint density at radius 2 is 1.77 bits per heavy atom. The van der Waals surface area contributed by atoms with E-state index in [1.165, 1.54) is 16.9 Å². The van der Waals surface area contributed by atoms with E-state index >= 15 is 0 Å². The van der Waals surface area contributed by atoms with Crippen molar-refractivity contribution in [3.8, 4) is 0 Å². The Morgan fingerprint density at radius 1 is 1.00 bits per heavy atom. The van der Waals surface area contributed by atoms with Gasteiger partial charge in [0, 0.05) is 43.0 Å². The Kier molecular flexibility index (Phi) is 6.97. The van der Waals surface area contributed by atoms with Gasteiger partial charge in [-0.1, -0.05) is 62.4 Å². The summed E-state index contributed by atoms with van der Waals surface area (Å²) in [6.07, 6.45) is 2.64. The highest BCUT2D eigenvalue weighted by atomic mass is 32.1. The summed E-state index contributed by atoms with van der Waals surface area (Å²) >= 11 is 1.46. The average Bonchev–Trinajstić information content (AvgIpc) is 3.76. The van der Waals surface area contributed by atoms with Crippen LogP contribution in [0.2, 0.25) is 0 Å². The van der Waals surface area contributed by atoms with Gasteiger partial charge in [-0.05, 0) is 42.4 Å². The fourth-order valence-corrected chi connectivity index (χ4v) is 7.32. The molecule has 0 spiro atoms. The SMILES string of the molecule is CC(C)[C@@H](C(=O)N1CCC[C@@H]1c1nc(C(=O)N2CCC(c3ccccc3)C2)cs1)N1Cc2ccccc2C1=O. The Hall–Kier alpha value is -3.52. The first-order valence-electron chi connectivity index (χ1n) is 13.9. The van der Waals surface area contributed by atoms with Gasteiger partial charge in [-0.15, -0.1) is 11.3 Å². The standard InChI is InChI=1S/C31H34N4O3S/c1-20(2)27(35-18-23-11-6-7-12-24(23)29(35)36)31(38)34-15-8-13-26(34)28-32-25(19-39-28)30(37)33-16-14-22(17-33)21-9-4-3-5-10-21/h3-7,9-12,19-20,22,26-27H,8,13-18H2,1-2H3/t22?,26-,27+/m1/s1. The summed E-state index contributed by atoms with van der Waals surface area (Å²) in [5.74, 6) is 0.186. The van der Waals surface area contributed by atoms with Gasteiger partial charge in [0.2, 0.25) is 5.91 Å². The maximum absolute atomic E-state index is 14.0. The Balaban J connectivity index is 1.17. The fourth-order valence-electron chi connectivity index (χ4n) is 6.38. The number of likely N-dealkylation sites (tertiary alicyclic amines) is 2. The molecule has 2 fully saturated rings. The number of carbonyl (C=O) groups is 3. The molecule has 4 heterocycles. The summed E-state index contributed by atoms with van der Waals surface area (Å²) in [5, 5.41) is 2.65. The molecule has 2 aromatic carbocycles. The van der Waals surface area contributed by atoms with Gasteiger partial charge >= 0.3 is 0 Å². The van der Waals surface area contributed by atoms with Crippen molar-refractivity contribution in [1.82, 2.24) is 19.7 Å². The van der Waals surface area contributed by atoms with Crippen LogP contribution in [0.5, 0.6) is 0 Å². The summed E-state index contributed by atoms with van der Waals surface area (Å²) in [5.41, 5.74) is 3.39. The molecule has 0 bridgehead atoms. The van der Waals surface area contributed by atoms with Crippen molar-refractivity contribution in [2.45, 2.75) is 57.7 Å². The van der Waals surface area contributed by atoms with Crippen LogP contribution in [-0.2, 0) is 11.3 Å². The summed E-state index contributed by atoms with van der Waals surface area (Å²) in [6, 6.07) is 17.3. The van der Waals surface area contributed by atoms with Crippen molar-refractivity contribution < 1.29 is 14.4 Å². The first-order valence-corrected chi connectivity index (χ1v) is 14.8. The smallest absolute Gasteiger partial charge is 0.273 e. The molecule has 3 atom stereocenters. The van der Waals surface area contributed by atoms with Crippen molar-refractivity contribution in [2.24, 2.45) is 5.92 Å². The third-order valence-electron chi connectivity index (χ3n) is 8.38. The summed E-state index contributed by atoms with van der Waals surface area (Å²) in [4.78, 5) is 50.9. The number of hydrogen-bond acceptors (Lipinski definition) is 5. The van der Waals surface area contributed by atoms with E-state index in [1.807, 2.05) is 71.5 Å². The molecular weight excluding hydrogens is 508 g/mol. The van der Waals surface area contributed by atoms with E-state index in [9.17, 15) is 14.4 Å². The molecule has 3 amide bonds. The number of fused-ring (bicyclic) bond motifs is 1. The first kappa shape index (κ1) is 25.7. The van der Waals surface area contributed by atoms with Gasteiger partial charge in [-0.25, -0.2) is 4.98 Å². The maximum atomic E-state index is 14.0. The molecule has 1 unspecified atom stereocenters. The van der Waals surface area contributed by atoms with Crippen LogP contribution in [0, 0.1) is 5.92 Å². The molecule has 3 aliphatic rings. The largest absolute Gasteiger partial charge is 0.337 e. The normalized spacial score (nSPS) is 21.6. The van der Waals surface area contributed by atoms with Crippen molar-refractivity contribution >= 4 is 29.1 Å². The Morgan fingerprint density at radius 3 is 2.54 bits per heavy atom. The predicted octanol–water partition coefficient (Wildman–Crippen LogP) is 5.12. The topological polar surface area (TPSA) is 73.8 Å². The molecule has 7 nitrogen and oxygen atoms in total. The van der Waals surface area contributed by atoms with Gasteiger partial charge in [0.05, 0.1) is 6.04 Å². The number of carbonyl (C=O) groups excluding carboxylic acids is 3. The molecule has 3 aliphatic heterocycles. The molecule has 0 N–H and O–H groups in total. The third-order valence-corrected chi connectivity index (χ3v) is 9.32. The number of nitrogens with zero attached hydrogens (tertiary/aromatic N) is 4. The molecule has 1 aromatic heterocycles. The molecule has 39 heavy (non-hydrogen) atoms. The number of benzene rings is 2. The second-order valence-electron chi connectivity index (χ2n) is 11.2. The zero-order valence-electron chi connectivity index (χ0n) is 22.5. The van der Waals surface area contributed by atoms with Gasteiger partial charge in [-0.3, -0.25) is 14.4 Å². The summed E-state index contributed by atoms with van der Waals surface area (Å²) in [6.45, 7) is 6.52. The number of hydrogen-bond donors (Lipinski definition) is 0. The van der Waals surface area contributed by atoms with Gasteiger partial charge in [0.1, 0.15) is 16.7 Å². The minimum absolute atomic E-state index is 0.0259. The lowest BCUT2D eigenvalue weighted by atomic mass is 9.99. The predicted molar refractivity (Wildman–Crippen MR) is 150 cm³/mol. The molecule has 0 radical (unpaired) electrons. The van der Waals surface area contributed by atoms with E-state index in [4.69, 9.17) is 4.98 Å². The fraction of sp³-hybridized carbons (Fsp3) is 0.419. The van der Waals surface area contributed by atoms with Crippen LogP contribution in [0.3, 0.4) is 0 Å². The maximum Gasteiger partial charge on any atom is 0.273 e. The zero-order chi connectivity index (χ0) is 27.1. The van der Waals surface area contributed by atoms with Gasteiger partial charge in [-0.2, -0.15) is 0 Å². The van der Waals surface area contributed by atoms with Crippen LogP contribution in [0.25, 0.3) is 0 Å². The van der Waals surface area contributed by atoms with Crippen LogP contribution in [0.1, 0.15) is 82.1 Å². The molecule has 202 valence electrons. The Labute approximate surface area is 233 Å². The van der Waals surface area contributed by atoms with E-state index in [1.54, 1.807) is 4.90 Å². The molecule has 0 aliphatic carbocycles. The molecule has 2 saturated heterocycles. The second-order valence-corrected chi connectivity index (χ2v) is 12.1. The quantitative estimate of drug-likeness (QED) is 0.434. The van der Waals surface area contributed by atoms with Gasteiger partial charge in [0.25, 0.3) is 11.8 Å². The highest BCUT2D eigenvalue weighted by Gasteiger charge is 2.43. The zero-order valence-corrected chi connectivity index (χ0v) is 23.3. The van der Waals surface area contributed by atoms with Gasteiger partial charge < -0.3 is 14.7 Å². The number of thiazole rings is 1. The number of amides is 3. The van der Waals surface area contributed by atoms with E-state index in [0.29, 0.717) is 36.8 Å². The highest BCUT2D eigenvalue weighted by molar-refractivity contribution is 7.09. The summed E-state index contributed by atoms with van der Waals surface area (Å²) < 4.78 is 0. The van der Waals surface area contributed by atoms with Gasteiger partial charge in [0.15, 0.2) is 0 Å². The lowest BCUT2D eigenvalue weighted by Crippen LogP contribution is -2.51. The highest BCUT2D eigenvalue weighted by Crippen LogP contribution is 2.37. The second kappa shape index (κ2) is 10.6.